The van der Waals surface area contributed by atoms with Gasteiger partial charge in [0.05, 0.1) is 0 Å². The van der Waals surface area contributed by atoms with Crippen molar-refractivity contribution >= 4 is 23.3 Å². The van der Waals surface area contributed by atoms with Gasteiger partial charge in [0.1, 0.15) is 0 Å². The molecule has 38 heavy (non-hydrogen) atoms. The third kappa shape index (κ3) is 10.6. The fourth-order valence-electron chi connectivity index (χ4n) is 5.12. The quantitative estimate of drug-likeness (QED) is 0.426. The maximum absolute atomic E-state index is 9.55. The first-order valence-corrected chi connectivity index (χ1v) is 13.3. The van der Waals surface area contributed by atoms with Crippen molar-refractivity contribution in [1.29, 1.82) is 0 Å². The second-order valence-electron chi connectivity index (χ2n) is 9.95. The minimum absolute atomic E-state index is 0.558. The third-order valence-electron chi connectivity index (χ3n) is 6.87. The van der Waals surface area contributed by atoms with Gasteiger partial charge in [-0.1, -0.05) is 36.4 Å². The monoisotopic (exact) mass is 524 g/mol. The number of hydrogen-bond donors (Lipinski definition) is 4. The van der Waals surface area contributed by atoms with Gasteiger partial charge in [0.15, 0.2) is 0 Å². The van der Waals surface area contributed by atoms with Crippen LogP contribution in [0.4, 0.5) is 11.4 Å². The highest BCUT2D eigenvalue weighted by atomic mass is 16.4. The van der Waals surface area contributed by atoms with Crippen LogP contribution in [0.5, 0.6) is 0 Å². The Morgan fingerprint density at radius 1 is 0.763 bits per heavy atom. The van der Waals surface area contributed by atoms with Gasteiger partial charge < -0.3 is 30.6 Å². The summed E-state index contributed by atoms with van der Waals surface area (Å²) in [4.78, 5) is 23.9. The van der Waals surface area contributed by atoms with Gasteiger partial charge >= 0.3 is 11.9 Å². The molecular weight excluding hydrogens is 480 g/mol. The minimum Gasteiger partial charge on any atom is -0.478 e. The van der Waals surface area contributed by atoms with Gasteiger partial charge in [-0.3, -0.25) is 0 Å². The molecule has 2 aliphatic heterocycles. The molecule has 8 heteroatoms. The Hall–Kier alpha value is -3.36. The van der Waals surface area contributed by atoms with Gasteiger partial charge in [0.25, 0.3) is 0 Å². The van der Waals surface area contributed by atoms with Crippen molar-refractivity contribution in [1.82, 2.24) is 10.6 Å². The minimum atomic E-state index is -1.26. The molecule has 0 fully saturated rings. The van der Waals surface area contributed by atoms with Crippen LogP contribution in [0, 0.1) is 11.8 Å². The molecule has 2 aromatic rings. The summed E-state index contributed by atoms with van der Waals surface area (Å²) in [6.07, 6.45) is 6.13. The highest BCUT2D eigenvalue weighted by Gasteiger charge is 2.19. The Labute approximate surface area is 227 Å². The molecule has 2 heterocycles. The van der Waals surface area contributed by atoms with Crippen molar-refractivity contribution in [3.8, 4) is 0 Å². The summed E-state index contributed by atoms with van der Waals surface area (Å²) in [5, 5.41) is 22.2. The molecular formula is C30H44N4O4. The van der Waals surface area contributed by atoms with Crippen molar-refractivity contribution in [3.63, 3.8) is 0 Å². The predicted octanol–water partition coefficient (Wildman–Crippen LogP) is 3.52. The molecule has 8 nitrogen and oxygen atoms in total. The number of benzene rings is 2. The van der Waals surface area contributed by atoms with Crippen LogP contribution in [0.3, 0.4) is 0 Å². The smallest absolute Gasteiger partial charge is 0.328 e. The first-order chi connectivity index (χ1) is 18.2. The normalized spacial score (nSPS) is 18.5. The number of fused-ring (bicyclic) bond motifs is 2. The highest BCUT2D eigenvalue weighted by Crippen LogP contribution is 2.27. The molecule has 0 radical (unpaired) electrons. The van der Waals surface area contributed by atoms with E-state index in [0.717, 1.165) is 38.0 Å². The van der Waals surface area contributed by atoms with E-state index in [0.29, 0.717) is 12.2 Å². The maximum Gasteiger partial charge on any atom is 0.328 e. The van der Waals surface area contributed by atoms with Crippen LogP contribution in [0.15, 0.2) is 60.7 Å². The van der Waals surface area contributed by atoms with Gasteiger partial charge in [0, 0.05) is 50.7 Å². The number of aliphatic carboxylic acids is 2. The molecule has 0 aromatic heterocycles. The van der Waals surface area contributed by atoms with Gasteiger partial charge in [-0.25, -0.2) is 9.59 Å². The fourth-order valence-corrected chi connectivity index (χ4v) is 5.12. The van der Waals surface area contributed by atoms with Crippen molar-refractivity contribution in [2.75, 3.05) is 64.2 Å². The van der Waals surface area contributed by atoms with E-state index < -0.39 is 11.9 Å². The molecule has 2 aliphatic rings. The average Bonchev–Trinajstić information content (AvgIpc) is 3.16. The molecule has 4 rings (SSSR count). The Balaban J connectivity index is 0.000000211. The van der Waals surface area contributed by atoms with Crippen LogP contribution in [0.25, 0.3) is 0 Å². The topological polar surface area (TPSA) is 105 Å². The van der Waals surface area contributed by atoms with E-state index in [2.05, 4.69) is 83.1 Å². The Morgan fingerprint density at radius 2 is 1.13 bits per heavy atom. The largest absolute Gasteiger partial charge is 0.478 e. The number of carboxylic acids is 2. The molecule has 0 spiro atoms. The van der Waals surface area contributed by atoms with E-state index in [-0.39, 0.29) is 0 Å². The van der Waals surface area contributed by atoms with E-state index >= 15 is 0 Å². The van der Waals surface area contributed by atoms with Crippen molar-refractivity contribution < 1.29 is 19.8 Å². The summed E-state index contributed by atoms with van der Waals surface area (Å²) in [5.41, 5.74) is 5.82. The SMILES string of the molecule is CNCC1CCc2ccccc2N(C)C1.CNCC1CCc2ccccc2N(C)C1.O=C(O)/C=C/C(=O)O. The second kappa shape index (κ2) is 16.5. The summed E-state index contributed by atoms with van der Waals surface area (Å²) < 4.78 is 0. The summed E-state index contributed by atoms with van der Waals surface area (Å²) in [5.74, 6) is -0.973. The van der Waals surface area contributed by atoms with Gasteiger partial charge in [-0.05, 0) is 88.0 Å². The lowest BCUT2D eigenvalue weighted by atomic mass is 10.0. The number of nitrogens with one attached hydrogen (secondary N) is 2. The van der Waals surface area contributed by atoms with Crippen LogP contribution >= 0.6 is 0 Å². The Bertz CT molecular complexity index is 961. The summed E-state index contributed by atoms with van der Waals surface area (Å²) in [6.45, 7) is 4.58. The van der Waals surface area contributed by atoms with E-state index in [1.165, 1.54) is 48.2 Å². The average molecular weight is 525 g/mol. The lowest BCUT2D eigenvalue weighted by Gasteiger charge is -2.23. The van der Waals surface area contributed by atoms with Crippen LogP contribution in [0.1, 0.15) is 24.0 Å². The Morgan fingerprint density at radius 3 is 1.47 bits per heavy atom. The Kier molecular flexibility index (Phi) is 13.4. The zero-order valence-corrected chi connectivity index (χ0v) is 23.2. The standard InChI is InChI=1S/2C13H20N2.C4H4O4/c2*1-14-9-11-7-8-12-5-3-4-6-13(12)15(2)10-11;5-3(6)1-2-4(7)8/h2*3-6,11,14H,7-10H2,1-2H3;1-2H,(H,5,6)(H,7,8)/b;;2-1+. The van der Waals surface area contributed by atoms with E-state index in [4.69, 9.17) is 10.2 Å². The zero-order valence-electron chi connectivity index (χ0n) is 23.2. The molecule has 4 N–H and O–H groups in total. The predicted molar refractivity (Wildman–Crippen MR) is 155 cm³/mol. The number of carbonyl (C=O) groups is 2. The second-order valence-corrected chi connectivity index (χ2v) is 9.95. The molecule has 0 aliphatic carbocycles. The fraction of sp³-hybridized carbons (Fsp3) is 0.467. The van der Waals surface area contributed by atoms with Crippen molar-refractivity contribution in [2.45, 2.75) is 25.7 Å². The molecule has 2 atom stereocenters. The van der Waals surface area contributed by atoms with E-state index in [9.17, 15) is 9.59 Å². The molecule has 0 saturated heterocycles. The number of carboxylic acid groups (broad SMARTS) is 2. The molecule has 2 aromatic carbocycles. The molecule has 0 bridgehead atoms. The zero-order chi connectivity index (χ0) is 27.9. The first kappa shape index (κ1) is 30.9. The summed E-state index contributed by atoms with van der Waals surface area (Å²) >= 11 is 0. The number of hydrogen-bond acceptors (Lipinski definition) is 6. The summed E-state index contributed by atoms with van der Waals surface area (Å²) in [7, 11) is 8.48. The van der Waals surface area contributed by atoms with Crippen LogP contribution in [0.2, 0.25) is 0 Å². The lowest BCUT2D eigenvalue weighted by molar-refractivity contribution is -0.134. The first-order valence-electron chi connectivity index (χ1n) is 13.3. The number of para-hydroxylation sites is 2. The summed E-state index contributed by atoms with van der Waals surface area (Å²) in [6, 6.07) is 17.5. The van der Waals surface area contributed by atoms with Crippen LogP contribution in [-0.2, 0) is 22.4 Å². The molecule has 0 saturated carbocycles. The van der Waals surface area contributed by atoms with Crippen molar-refractivity contribution in [2.24, 2.45) is 11.8 Å². The third-order valence-corrected chi connectivity index (χ3v) is 6.87. The van der Waals surface area contributed by atoms with Gasteiger partial charge in [-0.2, -0.15) is 0 Å². The van der Waals surface area contributed by atoms with Gasteiger partial charge in [-0.15, -0.1) is 0 Å². The molecule has 208 valence electrons. The number of anilines is 2. The van der Waals surface area contributed by atoms with Gasteiger partial charge in [0.2, 0.25) is 0 Å². The van der Waals surface area contributed by atoms with Crippen molar-refractivity contribution in [3.05, 3.63) is 71.8 Å². The van der Waals surface area contributed by atoms with Crippen LogP contribution < -0.4 is 20.4 Å². The number of aryl methyl sites for hydroxylation is 2. The molecule has 0 amide bonds. The highest BCUT2D eigenvalue weighted by molar-refractivity contribution is 5.89. The number of nitrogens with zero attached hydrogens (tertiary/aromatic N) is 2. The molecule has 2 unspecified atom stereocenters. The maximum atomic E-state index is 9.55. The number of rotatable bonds is 6. The lowest BCUT2D eigenvalue weighted by Crippen LogP contribution is -2.30. The van der Waals surface area contributed by atoms with Crippen LogP contribution in [-0.4, -0.2) is 76.5 Å². The van der Waals surface area contributed by atoms with E-state index in [1.807, 2.05) is 14.1 Å². The van der Waals surface area contributed by atoms with E-state index in [1.54, 1.807) is 0 Å².